The number of ether oxygens (including phenoxy) is 1. The molecule has 146 valence electrons. The fraction of sp³-hybridized carbons (Fsp3) is 0.556. The van der Waals surface area contributed by atoms with Gasteiger partial charge in [-0.05, 0) is 62.8 Å². The van der Waals surface area contributed by atoms with Gasteiger partial charge >= 0.3 is 6.03 Å². The van der Waals surface area contributed by atoms with Gasteiger partial charge in [-0.1, -0.05) is 0 Å². The van der Waals surface area contributed by atoms with E-state index in [0.717, 1.165) is 25.7 Å². The number of sulfonamides is 1. The molecule has 1 saturated carbocycles. The standard InChI is InChI=1S/C18H23N3O5S/c22-16-18(20-17(23)19-16)10-3-11-21(12-18)27(24,25)15-8-6-14(7-9-15)26-13-4-1-2-5-13/h6-9,13H,1-5,10-12H2,(H2,19,20,22,23). The van der Waals surface area contributed by atoms with E-state index in [-0.39, 0.29) is 17.5 Å². The van der Waals surface area contributed by atoms with Crippen molar-refractivity contribution < 1.29 is 22.7 Å². The average Bonchev–Trinajstić information content (AvgIpc) is 3.24. The van der Waals surface area contributed by atoms with E-state index in [1.807, 2.05) is 0 Å². The number of carbonyl (C=O) groups is 2. The largest absolute Gasteiger partial charge is 0.490 e. The van der Waals surface area contributed by atoms with Gasteiger partial charge in [-0.15, -0.1) is 0 Å². The van der Waals surface area contributed by atoms with Crippen LogP contribution in [0.2, 0.25) is 0 Å². The summed E-state index contributed by atoms with van der Waals surface area (Å²) in [6.07, 6.45) is 5.52. The van der Waals surface area contributed by atoms with Crippen molar-refractivity contribution in [2.45, 2.75) is 55.1 Å². The third-order valence-electron chi connectivity index (χ3n) is 5.54. The summed E-state index contributed by atoms with van der Waals surface area (Å²) >= 11 is 0. The van der Waals surface area contributed by atoms with Crippen LogP contribution in [-0.4, -0.2) is 49.4 Å². The second-order valence-electron chi connectivity index (χ2n) is 7.43. The van der Waals surface area contributed by atoms with Gasteiger partial charge in [0.2, 0.25) is 10.0 Å². The number of imide groups is 1. The van der Waals surface area contributed by atoms with Crippen LogP contribution in [0.15, 0.2) is 29.2 Å². The Hall–Kier alpha value is -2.13. The summed E-state index contributed by atoms with van der Waals surface area (Å²) in [7, 11) is -3.76. The lowest BCUT2D eigenvalue weighted by Crippen LogP contribution is -2.59. The van der Waals surface area contributed by atoms with Crippen molar-refractivity contribution in [3.63, 3.8) is 0 Å². The van der Waals surface area contributed by atoms with Crippen LogP contribution in [0.4, 0.5) is 4.79 Å². The van der Waals surface area contributed by atoms with Crippen molar-refractivity contribution in [1.82, 2.24) is 14.9 Å². The molecule has 4 rings (SSSR count). The van der Waals surface area contributed by atoms with Crippen LogP contribution >= 0.6 is 0 Å². The number of benzene rings is 1. The van der Waals surface area contributed by atoms with Crippen LogP contribution in [0.25, 0.3) is 0 Å². The second-order valence-corrected chi connectivity index (χ2v) is 9.37. The van der Waals surface area contributed by atoms with E-state index in [0.29, 0.717) is 25.1 Å². The first kappa shape index (κ1) is 18.2. The van der Waals surface area contributed by atoms with Crippen LogP contribution in [0.3, 0.4) is 0 Å². The predicted octanol–water partition coefficient (Wildman–Crippen LogP) is 1.37. The zero-order chi connectivity index (χ0) is 19.1. The number of hydrogen-bond donors (Lipinski definition) is 2. The van der Waals surface area contributed by atoms with Gasteiger partial charge in [-0.2, -0.15) is 4.31 Å². The minimum absolute atomic E-state index is 0.0623. The summed E-state index contributed by atoms with van der Waals surface area (Å²) in [6, 6.07) is 5.85. The van der Waals surface area contributed by atoms with Crippen LogP contribution in [-0.2, 0) is 14.8 Å². The summed E-state index contributed by atoms with van der Waals surface area (Å²) < 4.78 is 33.2. The molecule has 1 spiro atoms. The van der Waals surface area contributed by atoms with Crippen molar-refractivity contribution in [2.75, 3.05) is 13.1 Å². The van der Waals surface area contributed by atoms with Gasteiger partial charge < -0.3 is 10.1 Å². The van der Waals surface area contributed by atoms with Crippen LogP contribution in [0.1, 0.15) is 38.5 Å². The van der Waals surface area contributed by atoms with E-state index in [4.69, 9.17) is 4.74 Å². The first-order valence-corrected chi connectivity index (χ1v) is 10.7. The highest BCUT2D eigenvalue weighted by Gasteiger charge is 2.50. The maximum atomic E-state index is 13.0. The lowest BCUT2D eigenvalue weighted by molar-refractivity contribution is -0.125. The number of hydrogen-bond acceptors (Lipinski definition) is 5. The number of rotatable bonds is 4. The van der Waals surface area contributed by atoms with Gasteiger partial charge in [-0.25, -0.2) is 13.2 Å². The predicted molar refractivity (Wildman–Crippen MR) is 96.7 cm³/mol. The Morgan fingerprint density at radius 1 is 1.07 bits per heavy atom. The normalized spacial score (nSPS) is 27.0. The Labute approximate surface area is 158 Å². The Kier molecular flexibility index (Phi) is 4.59. The Morgan fingerprint density at radius 3 is 2.41 bits per heavy atom. The zero-order valence-electron chi connectivity index (χ0n) is 14.9. The Morgan fingerprint density at radius 2 is 1.78 bits per heavy atom. The minimum Gasteiger partial charge on any atom is -0.490 e. The molecule has 0 bridgehead atoms. The first-order chi connectivity index (χ1) is 12.9. The lowest BCUT2D eigenvalue weighted by Gasteiger charge is -2.37. The van der Waals surface area contributed by atoms with E-state index in [1.54, 1.807) is 12.1 Å². The van der Waals surface area contributed by atoms with Gasteiger partial charge in [0.05, 0.1) is 11.0 Å². The Balaban J connectivity index is 1.50. The molecule has 3 amide bonds. The highest BCUT2D eigenvalue weighted by atomic mass is 32.2. The summed E-state index contributed by atoms with van der Waals surface area (Å²) in [4.78, 5) is 23.8. The van der Waals surface area contributed by atoms with Crippen LogP contribution in [0.5, 0.6) is 5.75 Å². The van der Waals surface area contributed by atoms with Crippen LogP contribution < -0.4 is 15.4 Å². The molecule has 1 aliphatic carbocycles. The monoisotopic (exact) mass is 393 g/mol. The molecule has 2 aliphatic heterocycles. The smallest absolute Gasteiger partial charge is 0.322 e. The molecule has 2 N–H and O–H groups in total. The molecule has 1 unspecified atom stereocenters. The summed E-state index contributed by atoms with van der Waals surface area (Å²) in [6.45, 7) is 0.251. The van der Waals surface area contributed by atoms with Crippen molar-refractivity contribution in [3.8, 4) is 5.75 Å². The van der Waals surface area contributed by atoms with Gasteiger partial charge in [-0.3, -0.25) is 10.1 Å². The van der Waals surface area contributed by atoms with E-state index in [9.17, 15) is 18.0 Å². The maximum absolute atomic E-state index is 13.0. The molecule has 9 heteroatoms. The fourth-order valence-corrected chi connectivity index (χ4v) is 5.61. The molecular weight excluding hydrogens is 370 g/mol. The number of piperidine rings is 1. The number of urea groups is 1. The molecule has 0 radical (unpaired) electrons. The molecule has 2 heterocycles. The summed E-state index contributed by atoms with van der Waals surface area (Å²) in [5, 5.41) is 4.80. The van der Waals surface area contributed by atoms with E-state index < -0.39 is 27.5 Å². The first-order valence-electron chi connectivity index (χ1n) is 9.30. The number of nitrogens with one attached hydrogen (secondary N) is 2. The Bertz CT molecular complexity index is 848. The zero-order valence-corrected chi connectivity index (χ0v) is 15.8. The highest BCUT2D eigenvalue weighted by Crippen LogP contribution is 2.30. The number of carbonyl (C=O) groups excluding carboxylic acids is 2. The van der Waals surface area contributed by atoms with Crippen molar-refractivity contribution in [3.05, 3.63) is 24.3 Å². The third-order valence-corrected chi connectivity index (χ3v) is 7.40. The molecule has 3 aliphatic rings. The van der Waals surface area contributed by atoms with Crippen molar-refractivity contribution >= 4 is 22.0 Å². The van der Waals surface area contributed by atoms with E-state index in [2.05, 4.69) is 10.6 Å². The molecule has 1 aromatic rings. The van der Waals surface area contributed by atoms with Crippen LogP contribution in [0, 0.1) is 0 Å². The molecule has 8 nitrogen and oxygen atoms in total. The minimum atomic E-state index is -3.76. The highest BCUT2D eigenvalue weighted by molar-refractivity contribution is 7.89. The van der Waals surface area contributed by atoms with Gasteiger partial charge in [0, 0.05) is 13.1 Å². The summed E-state index contributed by atoms with van der Waals surface area (Å²) in [5.74, 6) is 0.200. The number of nitrogens with zero attached hydrogens (tertiary/aromatic N) is 1. The molecular formula is C18H23N3O5S. The second kappa shape index (κ2) is 6.79. The summed E-state index contributed by atoms with van der Waals surface area (Å²) in [5.41, 5.74) is -1.17. The topological polar surface area (TPSA) is 105 Å². The lowest BCUT2D eigenvalue weighted by atomic mass is 9.90. The quantitative estimate of drug-likeness (QED) is 0.752. The van der Waals surface area contributed by atoms with Crippen molar-refractivity contribution in [2.24, 2.45) is 0 Å². The third kappa shape index (κ3) is 3.41. The van der Waals surface area contributed by atoms with Gasteiger partial charge in [0.1, 0.15) is 11.3 Å². The number of amides is 3. The molecule has 1 aromatic carbocycles. The van der Waals surface area contributed by atoms with E-state index >= 15 is 0 Å². The molecule has 0 aromatic heterocycles. The van der Waals surface area contributed by atoms with Crippen molar-refractivity contribution in [1.29, 1.82) is 0 Å². The maximum Gasteiger partial charge on any atom is 0.322 e. The molecule has 3 fully saturated rings. The molecule has 1 atom stereocenters. The molecule has 2 saturated heterocycles. The average molecular weight is 393 g/mol. The van der Waals surface area contributed by atoms with E-state index in [1.165, 1.54) is 16.4 Å². The SMILES string of the molecule is O=C1NC(=O)C2(CCCN(S(=O)(=O)c3ccc(OC4CCCC4)cc3)C2)N1. The fourth-order valence-electron chi connectivity index (χ4n) is 4.07. The van der Waals surface area contributed by atoms with Gasteiger partial charge in [0.25, 0.3) is 5.91 Å². The molecule has 27 heavy (non-hydrogen) atoms. The van der Waals surface area contributed by atoms with Gasteiger partial charge in [0.15, 0.2) is 0 Å².